The summed E-state index contributed by atoms with van der Waals surface area (Å²) in [6.45, 7) is 1.90. The number of hydrogen-bond donors (Lipinski definition) is 1. The maximum absolute atomic E-state index is 12.5. The molecule has 3 aliphatic carbocycles. The van der Waals surface area contributed by atoms with E-state index in [0.717, 1.165) is 0 Å². The number of aliphatic hydroxyl groups is 1. The maximum atomic E-state index is 12.5. The van der Waals surface area contributed by atoms with Gasteiger partial charge >= 0.3 is 0 Å². The molecule has 0 radical (unpaired) electrons. The molecule has 0 heterocycles. The molecule has 1 saturated carbocycles. The molecule has 3 rings (SSSR count). The minimum absolute atomic E-state index is 0.0346. The zero-order valence-corrected chi connectivity index (χ0v) is 10.0. The highest BCUT2D eigenvalue weighted by Crippen LogP contribution is 2.42. The normalized spacial score (nSPS) is 37.8. The van der Waals surface area contributed by atoms with E-state index in [4.69, 9.17) is 0 Å². The number of Topliss-reactive ketones (excluding diaryl/α,β-unsaturated/α-hetero) is 2. The van der Waals surface area contributed by atoms with Crippen molar-refractivity contribution >= 4 is 11.6 Å². The highest BCUT2D eigenvalue weighted by Gasteiger charge is 2.48. The van der Waals surface area contributed by atoms with Crippen molar-refractivity contribution in [2.45, 2.75) is 6.92 Å². The fourth-order valence-electron chi connectivity index (χ4n) is 3.06. The molecule has 3 aliphatic rings. The molecule has 0 aliphatic heterocycles. The fraction of sp³-hybridized carbons (Fsp3) is 0.333. The van der Waals surface area contributed by atoms with E-state index in [0.29, 0.717) is 5.57 Å². The lowest BCUT2D eigenvalue weighted by Gasteiger charge is -2.37. The van der Waals surface area contributed by atoms with Crippen LogP contribution in [-0.4, -0.2) is 16.7 Å². The largest absolute Gasteiger partial charge is 0.508 e. The van der Waals surface area contributed by atoms with Crippen LogP contribution in [0.4, 0.5) is 0 Å². The van der Waals surface area contributed by atoms with Crippen molar-refractivity contribution in [1.82, 2.24) is 0 Å². The fourth-order valence-corrected chi connectivity index (χ4v) is 3.06. The van der Waals surface area contributed by atoms with Crippen molar-refractivity contribution < 1.29 is 14.7 Å². The Hall–Kier alpha value is -1.90. The minimum Gasteiger partial charge on any atom is -0.508 e. The number of carbonyl (C=O) groups excluding carboxylic acids is 2. The summed E-state index contributed by atoms with van der Waals surface area (Å²) in [6.07, 6.45) is 10.5. The van der Waals surface area contributed by atoms with Gasteiger partial charge in [0.15, 0.2) is 5.78 Å². The molecule has 4 atom stereocenters. The Kier molecular flexibility index (Phi) is 2.37. The van der Waals surface area contributed by atoms with Crippen LogP contribution in [0.1, 0.15) is 6.92 Å². The van der Waals surface area contributed by atoms with E-state index in [2.05, 4.69) is 0 Å². The van der Waals surface area contributed by atoms with Gasteiger partial charge in [-0.05, 0) is 12.0 Å². The molecule has 3 heteroatoms. The zero-order chi connectivity index (χ0) is 12.9. The second-order valence-electron chi connectivity index (χ2n) is 5.08. The molecular formula is C15H14O3. The molecule has 0 bridgehead atoms. The van der Waals surface area contributed by atoms with Crippen LogP contribution in [0, 0.1) is 23.7 Å². The summed E-state index contributed by atoms with van der Waals surface area (Å²) < 4.78 is 0. The van der Waals surface area contributed by atoms with Crippen molar-refractivity contribution in [1.29, 1.82) is 0 Å². The van der Waals surface area contributed by atoms with Crippen molar-refractivity contribution in [3.05, 3.63) is 47.8 Å². The van der Waals surface area contributed by atoms with Crippen molar-refractivity contribution in [3.8, 4) is 0 Å². The Morgan fingerprint density at radius 2 is 1.72 bits per heavy atom. The van der Waals surface area contributed by atoms with Gasteiger partial charge in [-0.25, -0.2) is 0 Å². The summed E-state index contributed by atoms with van der Waals surface area (Å²) in [7, 11) is 0. The molecule has 0 aromatic heterocycles. The van der Waals surface area contributed by atoms with Crippen LogP contribution in [0.2, 0.25) is 0 Å². The highest BCUT2D eigenvalue weighted by atomic mass is 16.3. The van der Waals surface area contributed by atoms with Crippen LogP contribution in [0.5, 0.6) is 0 Å². The van der Waals surface area contributed by atoms with E-state index in [-0.39, 0.29) is 29.2 Å². The van der Waals surface area contributed by atoms with Gasteiger partial charge in [-0.3, -0.25) is 9.59 Å². The van der Waals surface area contributed by atoms with E-state index in [1.807, 2.05) is 13.0 Å². The standard InChI is InChI=1S/C15H14O3/c1-8-6-7-11(16)13-12(8)14(17)9-4-2-3-5-10(9)15(13)18/h2-10,12,16H,1H3. The number of ketones is 2. The number of carbonyl (C=O) groups is 2. The Morgan fingerprint density at radius 1 is 1.06 bits per heavy atom. The van der Waals surface area contributed by atoms with Gasteiger partial charge in [0.2, 0.25) is 0 Å². The smallest absolute Gasteiger partial charge is 0.171 e. The van der Waals surface area contributed by atoms with E-state index >= 15 is 0 Å². The molecule has 0 spiro atoms. The number of hydrogen-bond acceptors (Lipinski definition) is 3. The van der Waals surface area contributed by atoms with E-state index in [1.54, 1.807) is 24.3 Å². The van der Waals surface area contributed by atoms with Crippen LogP contribution in [0.25, 0.3) is 0 Å². The summed E-state index contributed by atoms with van der Waals surface area (Å²) in [6, 6.07) is 0. The summed E-state index contributed by atoms with van der Waals surface area (Å²) in [5, 5.41) is 9.88. The van der Waals surface area contributed by atoms with Crippen molar-refractivity contribution in [3.63, 3.8) is 0 Å². The molecule has 1 fully saturated rings. The average Bonchev–Trinajstić information content (AvgIpc) is 2.38. The summed E-state index contributed by atoms with van der Waals surface area (Å²) in [4.78, 5) is 24.9. The predicted molar refractivity (Wildman–Crippen MR) is 66.7 cm³/mol. The van der Waals surface area contributed by atoms with Crippen molar-refractivity contribution in [2.75, 3.05) is 0 Å². The molecule has 4 unspecified atom stereocenters. The van der Waals surface area contributed by atoms with Crippen LogP contribution in [0.15, 0.2) is 47.8 Å². The molecule has 3 nitrogen and oxygen atoms in total. The predicted octanol–water partition coefficient (Wildman–Crippen LogP) is 2.13. The topological polar surface area (TPSA) is 54.4 Å². The van der Waals surface area contributed by atoms with Gasteiger partial charge in [-0.2, -0.15) is 0 Å². The molecule has 0 aromatic rings. The number of fused-ring (bicyclic) bond motifs is 2. The van der Waals surface area contributed by atoms with Gasteiger partial charge in [-0.15, -0.1) is 0 Å². The molecule has 0 saturated heterocycles. The van der Waals surface area contributed by atoms with Gasteiger partial charge in [0.05, 0.1) is 17.8 Å². The third kappa shape index (κ3) is 1.37. The van der Waals surface area contributed by atoms with Gasteiger partial charge in [0, 0.05) is 5.57 Å². The van der Waals surface area contributed by atoms with E-state index < -0.39 is 11.8 Å². The lowest BCUT2D eigenvalue weighted by atomic mass is 9.63. The summed E-state index contributed by atoms with van der Waals surface area (Å²) >= 11 is 0. The zero-order valence-electron chi connectivity index (χ0n) is 10.0. The first-order chi connectivity index (χ1) is 8.61. The van der Waals surface area contributed by atoms with Crippen LogP contribution < -0.4 is 0 Å². The van der Waals surface area contributed by atoms with Crippen molar-refractivity contribution in [2.24, 2.45) is 23.7 Å². The third-order valence-electron chi connectivity index (χ3n) is 4.01. The van der Waals surface area contributed by atoms with E-state index in [9.17, 15) is 14.7 Å². The lowest BCUT2D eigenvalue weighted by Crippen LogP contribution is -2.45. The average molecular weight is 242 g/mol. The van der Waals surface area contributed by atoms with Gasteiger partial charge < -0.3 is 5.11 Å². The number of allylic oxidation sites excluding steroid dienone is 7. The second-order valence-corrected chi connectivity index (χ2v) is 5.08. The molecule has 0 amide bonds. The first kappa shape index (κ1) is 11.2. The van der Waals surface area contributed by atoms with Gasteiger partial charge in [0.1, 0.15) is 11.5 Å². The first-order valence-electron chi connectivity index (χ1n) is 6.15. The Balaban J connectivity index is 2.14. The summed E-state index contributed by atoms with van der Waals surface area (Å²) in [5.74, 6) is -1.43. The van der Waals surface area contributed by atoms with Gasteiger partial charge in [-0.1, -0.05) is 37.3 Å². The Morgan fingerprint density at radius 3 is 2.44 bits per heavy atom. The monoisotopic (exact) mass is 242 g/mol. The van der Waals surface area contributed by atoms with Crippen LogP contribution in [-0.2, 0) is 9.59 Å². The van der Waals surface area contributed by atoms with Gasteiger partial charge in [0.25, 0.3) is 0 Å². The quantitative estimate of drug-likeness (QED) is 0.708. The van der Waals surface area contributed by atoms with E-state index in [1.165, 1.54) is 6.08 Å². The Labute approximate surface area is 105 Å². The number of rotatable bonds is 0. The maximum Gasteiger partial charge on any atom is 0.171 e. The molecule has 1 N–H and O–H groups in total. The highest BCUT2D eigenvalue weighted by molar-refractivity contribution is 6.12. The van der Waals surface area contributed by atoms with Crippen LogP contribution in [0.3, 0.4) is 0 Å². The minimum atomic E-state index is -0.486. The first-order valence-corrected chi connectivity index (χ1v) is 6.15. The molecular weight excluding hydrogens is 228 g/mol. The van der Waals surface area contributed by atoms with Crippen LogP contribution >= 0.6 is 0 Å². The summed E-state index contributed by atoms with van der Waals surface area (Å²) in [5.41, 5.74) is 0.302. The Bertz CT molecular complexity index is 548. The third-order valence-corrected chi connectivity index (χ3v) is 4.01. The molecule has 0 aromatic carbocycles. The second kappa shape index (κ2) is 3.80. The SMILES string of the molecule is CC1C=CC(O)=C2C(=O)C3C=CC=CC3C(=O)C21. The molecule has 18 heavy (non-hydrogen) atoms. The number of aliphatic hydroxyl groups excluding tert-OH is 1. The molecule has 92 valence electrons. The lowest BCUT2D eigenvalue weighted by molar-refractivity contribution is -0.135.